The van der Waals surface area contributed by atoms with Gasteiger partial charge in [-0.1, -0.05) is 64.7 Å². The van der Waals surface area contributed by atoms with Crippen LogP contribution in [0.3, 0.4) is 0 Å². The molecule has 25 heavy (non-hydrogen) atoms. The first-order valence-corrected chi connectivity index (χ1v) is 9.69. The van der Waals surface area contributed by atoms with Crippen molar-refractivity contribution in [2.45, 2.75) is 71.1 Å². The number of hydrogen-bond donors (Lipinski definition) is 0. The molecule has 0 fully saturated rings. The average Bonchev–Trinajstić information content (AvgIpc) is 2.62. The summed E-state index contributed by atoms with van der Waals surface area (Å²) in [6, 6.07) is 6.11. The van der Waals surface area contributed by atoms with Gasteiger partial charge in [0.25, 0.3) is 5.69 Å². The minimum atomic E-state index is -0.417. The highest BCUT2D eigenvalue weighted by molar-refractivity contribution is 5.35. The summed E-state index contributed by atoms with van der Waals surface area (Å²) in [5.41, 5.74) is 0.0737. The Hall–Kier alpha value is -1.62. The molecule has 0 spiro atoms. The highest BCUT2D eigenvalue weighted by Gasteiger charge is 2.04. The molecule has 5 heteroatoms. The Labute approximate surface area is 151 Å². The van der Waals surface area contributed by atoms with Crippen molar-refractivity contribution in [3.63, 3.8) is 0 Å². The Morgan fingerprint density at radius 1 is 0.800 bits per heavy atom. The van der Waals surface area contributed by atoms with Crippen LogP contribution < -0.4 is 4.74 Å². The van der Waals surface area contributed by atoms with E-state index in [0.717, 1.165) is 13.0 Å². The van der Waals surface area contributed by atoms with Gasteiger partial charge in [0, 0.05) is 18.7 Å². The maximum absolute atomic E-state index is 10.6. The molecule has 0 unspecified atom stereocenters. The molecule has 142 valence electrons. The van der Waals surface area contributed by atoms with Crippen LogP contribution in [-0.4, -0.2) is 24.7 Å². The number of nitro groups is 1. The molecule has 1 aromatic rings. The van der Waals surface area contributed by atoms with Crippen molar-refractivity contribution < 1.29 is 14.4 Å². The lowest BCUT2D eigenvalue weighted by molar-refractivity contribution is -0.384. The quantitative estimate of drug-likeness (QED) is 0.211. The third-order valence-electron chi connectivity index (χ3n) is 4.19. The van der Waals surface area contributed by atoms with Gasteiger partial charge in [-0.25, -0.2) is 0 Å². The van der Waals surface area contributed by atoms with Gasteiger partial charge in [-0.15, -0.1) is 0 Å². The second kappa shape index (κ2) is 14.7. The molecule has 0 aliphatic carbocycles. The first-order valence-electron chi connectivity index (χ1n) is 9.69. The van der Waals surface area contributed by atoms with Crippen molar-refractivity contribution in [2.24, 2.45) is 0 Å². The van der Waals surface area contributed by atoms with E-state index in [1.54, 1.807) is 12.1 Å². The molecule has 5 nitrogen and oxygen atoms in total. The van der Waals surface area contributed by atoms with Crippen LogP contribution in [0, 0.1) is 10.1 Å². The topological polar surface area (TPSA) is 61.6 Å². The first kappa shape index (κ1) is 21.4. The fourth-order valence-corrected chi connectivity index (χ4v) is 2.68. The second-order valence-corrected chi connectivity index (χ2v) is 6.39. The third-order valence-corrected chi connectivity index (χ3v) is 4.19. The normalized spacial score (nSPS) is 10.8. The molecule has 0 aromatic heterocycles. The number of hydrogen-bond acceptors (Lipinski definition) is 4. The molecule has 0 aliphatic rings. The molecule has 1 rings (SSSR count). The Bertz CT molecular complexity index is 448. The molecule has 0 heterocycles. The predicted octanol–water partition coefficient (Wildman–Crippen LogP) is 5.91. The van der Waals surface area contributed by atoms with Crippen LogP contribution in [0.15, 0.2) is 24.3 Å². The first-order chi connectivity index (χ1) is 12.2. The Morgan fingerprint density at radius 3 is 1.92 bits per heavy atom. The summed E-state index contributed by atoms with van der Waals surface area (Å²) >= 11 is 0. The summed E-state index contributed by atoms with van der Waals surface area (Å²) in [6.07, 6.45) is 13.2. The Morgan fingerprint density at radius 2 is 1.36 bits per heavy atom. The van der Waals surface area contributed by atoms with Gasteiger partial charge in [0.15, 0.2) is 0 Å². The van der Waals surface area contributed by atoms with E-state index in [9.17, 15) is 10.1 Å². The van der Waals surface area contributed by atoms with Gasteiger partial charge in [-0.05, 0) is 18.6 Å². The molecule has 0 aliphatic heterocycles. The maximum atomic E-state index is 10.6. The van der Waals surface area contributed by atoms with E-state index in [-0.39, 0.29) is 5.69 Å². The van der Waals surface area contributed by atoms with E-state index in [1.807, 2.05) is 0 Å². The zero-order valence-corrected chi connectivity index (χ0v) is 15.6. The molecule has 0 saturated heterocycles. The van der Waals surface area contributed by atoms with Gasteiger partial charge in [-0.3, -0.25) is 10.1 Å². The monoisotopic (exact) mass is 351 g/mol. The standard InChI is InChI=1S/C20H33NO4/c1-2-3-4-5-6-7-8-9-10-11-16-24-17-18-25-20-14-12-19(13-15-20)21(22)23/h12-15H,2-11,16-18H2,1H3. The third kappa shape index (κ3) is 11.5. The lowest BCUT2D eigenvalue weighted by Crippen LogP contribution is -2.07. The van der Waals surface area contributed by atoms with Crippen LogP contribution in [0.25, 0.3) is 0 Å². The Balaban J connectivity index is 1.85. The number of benzene rings is 1. The maximum Gasteiger partial charge on any atom is 0.269 e. The SMILES string of the molecule is CCCCCCCCCCCCOCCOc1ccc([N+](=O)[O-])cc1. The molecule has 1 aromatic carbocycles. The van der Waals surface area contributed by atoms with Gasteiger partial charge in [0.1, 0.15) is 12.4 Å². The van der Waals surface area contributed by atoms with Crippen molar-refractivity contribution in [1.29, 1.82) is 0 Å². The summed E-state index contributed by atoms with van der Waals surface area (Å²) in [6.45, 7) is 4.05. The largest absolute Gasteiger partial charge is 0.491 e. The zero-order valence-electron chi connectivity index (χ0n) is 15.6. The van der Waals surface area contributed by atoms with Crippen LogP contribution in [-0.2, 0) is 4.74 Å². The van der Waals surface area contributed by atoms with Gasteiger partial charge in [-0.2, -0.15) is 0 Å². The van der Waals surface area contributed by atoms with Crippen LogP contribution in [0.5, 0.6) is 5.75 Å². The summed E-state index contributed by atoms with van der Waals surface area (Å²) in [4.78, 5) is 10.1. The minimum Gasteiger partial charge on any atom is -0.491 e. The van der Waals surface area contributed by atoms with Crippen LogP contribution in [0.4, 0.5) is 5.69 Å². The smallest absolute Gasteiger partial charge is 0.269 e. The molecule has 0 amide bonds. The molecular weight excluding hydrogens is 318 g/mol. The van der Waals surface area contributed by atoms with E-state index in [2.05, 4.69) is 6.92 Å². The highest BCUT2D eigenvalue weighted by Crippen LogP contribution is 2.17. The van der Waals surface area contributed by atoms with E-state index >= 15 is 0 Å². The lowest BCUT2D eigenvalue weighted by atomic mass is 10.1. The summed E-state index contributed by atoms with van der Waals surface area (Å²) in [5.74, 6) is 0.633. The summed E-state index contributed by atoms with van der Waals surface area (Å²) in [7, 11) is 0. The van der Waals surface area contributed by atoms with Crippen molar-refractivity contribution in [3.8, 4) is 5.75 Å². The summed E-state index contributed by atoms with van der Waals surface area (Å²) < 4.78 is 11.0. The number of unbranched alkanes of at least 4 members (excludes halogenated alkanes) is 9. The van der Waals surface area contributed by atoms with E-state index in [0.29, 0.717) is 19.0 Å². The van der Waals surface area contributed by atoms with Crippen molar-refractivity contribution >= 4 is 5.69 Å². The second-order valence-electron chi connectivity index (χ2n) is 6.39. The minimum absolute atomic E-state index is 0.0737. The number of nitrogens with zero attached hydrogens (tertiary/aromatic N) is 1. The van der Waals surface area contributed by atoms with Crippen molar-refractivity contribution in [2.75, 3.05) is 19.8 Å². The number of ether oxygens (including phenoxy) is 2. The molecule has 0 atom stereocenters. The molecule has 0 saturated carbocycles. The van der Waals surface area contributed by atoms with Gasteiger partial charge < -0.3 is 9.47 Å². The van der Waals surface area contributed by atoms with E-state index in [1.165, 1.54) is 69.9 Å². The molecule has 0 N–H and O–H groups in total. The molecule has 0 bridgehead atoms. The highest BCUT2D eigenvalue weighted by atomic mass is 16.6. The van der Waals surface area contributed by atoms with Gasteiger partial charge in [0.2, 0.25) is 0 Å². The number of non-ortho nitro benzene ring substituents is 1. The van der Waals surface area contributed by atoms with Crippen molar-refractivity contribution in [3.05, 3.63) is 34.4 Å². The van der Waals surface area contributed by atoms with Crippen molar-refractivity contribution in [1.82, 2.24) is 0 Å². The molecule has 0 radical (unpaired) electrons. The van der Waals surface area contributed by atoms with Crippen LogP contribution in [0.2, 0.25) is 0 Å². The predicted molar refractivity (Wildman–Crippen MR) is 101 cm³/mol. The zero-order chi connectivity index (χ0) is 18.2. The van der Waals surface area contributed by atoms with Gasteiger partial charge in [0.05, 0.1) is 11.5 Å². The van der Waals surface area contributed by atoms with Gasteiger partial charge >= 0.3 is 0 Å². The summed E-state index contributed by atoms with van der Waals surface area (Å²) in [5, 5.41) is 10.6. The Kier molecular flexibility index (Phi) is 12.6. The van der Waals surface area contributed by atoms with Crippen LogP contribution >= 0.6 is 0 Å². The average molecular weight is 351 g/mol. The fourth-order valence-electron chi connectivity index (χ4n) is 2.68. The van der Waals surface area contributed by atoms with E-state index in [4.69, 9.17) is 9.47 Å². The molecular formula is C20H33NO4. The van der Waals surface area contributed by atoms with E-state index < -0.39 is 4.92 Å². The van der Waals surface area contributed by atoms with Crippen LogP contribution in [0.1, 0.15) is 71.1 Å². The number of nitro benzene ring substituents is 1. The number of rotatable bonds is 16. The lowest BCUT2D eigenvalue weighted by Gasteiger charge is -2.07. The fraction of sp³-hybridized carbons (Fsp3) is 0.700.